The SMILES string of the molecule is C=CCCC(=O)N[C@@H](C)[C@H](OC(=O)[C@@H]1[C@H]2O[C@@]3(CC2Br)[C@H](C(=O)N(CC=C)c2ccc(Cl)cc2)N([C@H](C)CO)C(=O)[C@@H]13)c1ccccc1. The fraction of sp³-hybridized carbons (Fsp3) is 0.444. The van der Waals surface area contributed by atoms with Crippen molar-refractivity contribution in [3.63, 3.8) is 0 Å². The standard InChI is InChI=1S/C36H41BrClN3O7/c1-5-7-13-27(43)39-22(4)30(23-11-9-8-10-12-23)47-35(46)28-29-33(44)41(21(3)20-42)32(36(29)19-26(37)31(28)48-36)34(45)40(18-6-2)25-16-14-24(38)15-17-25/h5-6,8-12,14-17,21-22,26,28-32,42H,1-2,7,13,18-20H2,3-4H3,(H,39,43)/t21-,22+,26?,28+,29-,30+,31+,32+,36-/m1/s1. The lowest BCUT2D eigenvalue weighted by molar-refractivity contribution is -0.162. The van der Waals surface area contributed by atoms with Crippen molar-refractivity contribution in [3.8, 4) is 0 Å². The number of likely N-dealkylation sites (tertiary alicyclic amines) is 1. The molecule has 0 radical (unpaired) electrons. The molecular weight excluding hydrogens is 702 g/mol. The molecule has 0 saturated carbocycles. The molecular formula is C36H41BrClN3O7. The summed E-state index contributed by atoms with van der Waals surface area (Å²) in [5, 5.41) is 13.7. The molecule has 1 unspecified atom stereocenters. The molecule has 3 aliphatic rings. The number of esters is 1. The highest BCUT2D eigenvalue weighted by Crippen LogP contribution is 2.61. The Morgan fingerprint density at radius 2 is 1.85 bits per heavy atom. The molecule has 256 valence electrons. The number of hydrogen-bond donors (Lipinski definition) is 2. The molecule has 5 rings (SSSR count). The highest BCUT2D eigenvalue weighted by atomic mass is 79.9. The monoisotopic (exact) mass is 741 g/mol. The average Bonchev–Trinajstić information content (AvgIpc) is 3.68. The minimum atomic E-state index is -1.38. The summed E-state index contributed by atoms with van der Waals surface area (Å²) < 4.78 is 12.8. The van der Waals surface area contributed by atoms with Crippen molar-refractivity contribution in [2.24, 2.45) is 11.8 Å². The maximum absolute atomic E-state index is 14.6. The average molecular weight is 743 g/mol. The van der Waals surface area contributed by atoms with Gasteiger partial charge in [-0.05, 0) is 56.5 Å². The van der Waals surface area contributed by atoms with Crippen molar-refractivity contribution in [2.75, 3.05) is 18.1 Å². The fourth-order valence-corrected chi connectivity index (χ4v) is 8.41. The van der Waals surface area contributed by atoms with Crippen LogP contribution in [0.4, 0.5) is 5.69 Å². The number of benzene rings is 2. The van der Waals surface area contributed by atoms with Gasteiger partial charge in [-0.15, -0.1) is 13.2 Å². The number of carbonyl (C=O) groups excluding carboxylic acids is 4. The van der Waals surface area contributed by atoms with Gasteiger partial charge in [0.05, 0.1) is 36.6 Å². The molecule has 2 aromatic rings. The van der Waals surface area contributed by atoms with Crippen molar-refractivity contribution < 1.29 is 33.8 Å². The number of rotatable bonds is 14. The van der Waals surface area contributed by atoms with Crippen molar-refractivity contribution in [2.45, 2.75) is 73.9 Å². The van der Waals surface area contributed by atoms with Gasteiger partial charge in [0, 0.05) is 28.5 Å². The maximum Gasteiger partial charge on any atom is 0.313 e. The van der Waals surface area contributed by atoms with Gasteiger partial charge in [-0.2, -0.15) is 0 Å². The van der Waals surface area contributed by atoms with Crippen LogP contribution in [-0.4, -0.2) is 81.5 Å². The van der Waals surface area contributed by atoms with E-state index in [1.54, 1.807) is 50.3 Å². The number of halogens is 2. The van der Waals surface area contributed by atoms with E-state index in [4.69, 9.17) is 21.1 Å². The van der Waals surface area contributed by atoms with Gasteiger partial charge in [-0.3, -0.25) is 19.2 Å². The second-order valence-electron chi connectivity index (χ2n) is 12.6. The van der Waals surface area contributed by atoms with Crippen molar-refractivity contribution in [3.05, 3.63) is 90.5 Å². The number of aliphatic hydroxyl groups excluding tert-OH is 1. The van der Waals surface area contributed by atoms with Gasteiger partial charge < -0.3 is 29.7 Å². The lowest BCUT2D eigenvalue weighted by atomic mass is 9.70. The molecule has 3 saturated heterocycles. The van der Waals surface area contributed by atoms with Gasteiger partial charge in [-0.1, -0.05) is 70.0 Å². The summed E-state index contributed by atoms with van der Waals surface area (Å²) in [4.78, 5) is 58.6. The maximum atomic E-state index is 14.6. The smallest absolute Gasteiger partial charge is 0.313 e. The summed E-state index contributed by atoms with van der Waals surface area (Å²) in [6, 6.07) is 13.3. The van der Waals surface area contributed by atoms with Crippen LogP contribution in [0.5, 0.6) is 0 Å². The number of nitrogens with one attached hydrogen (secondary N) is 1. The highest BCUT2D eigenvalue weighted by molar-refractivity contribution is 9.09. The number of amides is 3. The van der Waals surface area contributed by atoms with Gasteiger partial charge in [0.1, 0.15) is 17.7 Å². The lowest BCUT2D eigenvalue weighted by Crippen LogP contribution is -2.58. The molecule has 3 fully saturated rings. The quantitative estimate of drug-likeness (QED) is 0.163. The second kappa shape index (κ2) is 14.9. The molecule has 3 aliphatic heterocycles. The Labute approximate surface area is 294 Å². The van der Waals surface area contributed by atoms with E-state index in [1.165, 1.54) is 9.80 Å². The van der Waals surface area contributed by atoms with E-state index in [0.29, 0.717) is 22.7 Å². The van der Waals surface area contributed by atoms with Gasteiger partial charge in [-0.25, -0.2) is 0 Å². The predicted molar refractivity (Wildman–Crippen MR) is 185 cm³/mol. The first-order chi connectivity index (χ1) is 23.0. The summed E-state index contributed by atoms with van der Waals surface area (Å²) in [6.45, 7) is 10.6. The molecule has 3 amide bonds. The number of hydrogen-bond acceptors (Lipinski definition) is 7. The van der Waals surface area contributed by atoms with E-state index in [1.807, 2.05) is 30.3 Å². The third-order valence-electron chi connectivity index (χ3n) is 9.48. The molecule has 48 heavy (non-hydrogen) atoms. The van der Waals surface area contributed by atoms with Gasteiger partial charge in [0.15, 0.2) is 0 Å². The van der Waals surface area contributed by atoms with E-state index in [2.05, 4.69) is 34.4 Å². The van der Waals surface area contributed by atoms with Crippen LogP contribution >= 0.6 is 27.5 Å². The molecule has 2 bridgehead atoms. The van der Waals surface area contributed by atoms with Crippen molar-refractivity contribution in [1.82, 2.24) is 10.2 Å². The van der Waals surface area contributed by atoms with E-state index < -0.39 is 72.2 Å². The summed E-state index contributed by atoms with van der Waals surface area (Å²) in [5.74, 6) is -3.88. The summed E-state index contributed by atoms with van der Waals surface area (Å²) in [5.41, 5.74) is -0.165. The van der Waals surface area contributed by atoms with Crippen LogP contribution in [0.25, 0.3) is 0 Å². The molecule has 12 heteroatoms. The zero-order chi connectivity index (χ0) is 34.7. The fourth-order valence-electron chi connectivity index (χ4n) is 7.34. The van der Waals surface area contributed by atoms with Crippen LogP contribution in [0, 0.1) is 11.8 Å². The highest BCUT2D eigenvalue weighted by Gasteiger charge is 2.77. The largest absolute Gasteiger partial charge is 0.455 e. The van der Waals surface area contributed by atoms with Crippen molar-refractivity contribution in [1.29, 1.82) is 0 Å². The molecule has 3 heterocycles. The topological polar surface area (TPSA) is 125 Å². The zero-order valence-electron chi connectivity index (χ0n) is 27.0. The van der Waals surface area contributed by atoms with Crippen LogP contribution in [0.3, 0.4) is 0 Å². The van der Waals surface area contributed by atoms with E-state index >= 15 is 0 Å². The number of nitrogens with zero attached hydrogens (tertiary/aromatic N) is 2. The molecule has 1 spiro atoms. The van der Waals surface area contributed by atoms with E-state index in [-0.39, 0.29) is 30.1 Å². The van der Waals surface area contributed by atoms with Gasteiger partial charge in [0.25, 0.3) is 5.91 Å². The number of aliphatic hydroxyl groups is 1. The Morgan fingerprint density at radius 1 is 1.17 bits per heavy atom. The van der Waals surface area contributed by atoms with E-state index in [9.17, 15) is 24.3 Å². The second-order valence-corrected chi connectivity index (χ2v) is 14.2. The van der Waals surface area contributed by atoms with Crippen molar-refractivity contribution >= 4 is 56.9 Å². The Morgan fingerprint density at radius 3 is 2.48 bits per heavy atom. The number of allylic oxidation sites excluding steroid dienone is 1. The number of alkyl halides is 1. The Hall–Kier alpha value is -3.51. The Balaban J connectivity index is 1.51. The third kappa shape index (κ3) is 6.57. The molecule has 0 aliphatic carbocycles. The molecule has 10 nitrogen and oxygen atoms in total. The minimum absolute atomic E-state index is 0.134. The molecule has 9 atom stereocenters. The number of fused-ring (bicyclic) bond motifs is 1. The normalized spacial score (nSPS) is 27.5. The zero-order valence-corrected chi connectivity index (χ0v) is 29.3. The third-order valence-corrected chi connectivity index (χ3v) is 10.6. The van der Waals surface area contributed by atoms with Crippen LogP contribution in [0.2, 0.25) is 5.02 Å². The molecule has 2 N–H and O–H groups in total. The number of ether oxygens (including phenoxy) is 2. The summed E-state index contributed by atoms with van der Waals surface area (Å²) in [6.07, 6.45) is 2.63. The van der Waals surface area contributed by atoms with Gasteiger partial charge in [0.2, 0.25) is 11.8 Å². The molecule has 2 aromatic carbocycles. The summed E-state index contributed by atoms with van der Waals surface area (Å²) in [7, 11) is 0. The van der Waals surface area contributed by atoms with Crippen LogP contribution in [0.15, 0.2) is 79.9 Å². The number of carbonyl (C=O) groups is 4. The minimum Gasteiger partial charge on any atom is -0.455 e. The lowest BCUT2D eigenvalue weighted by Gasteiger charge is -2.38. The number of anilines is 1. The Bertz CT molecular complexity index is 1540. The Kier molecular flexibility index (Phi) is 11.1. The summed E-state index contributed by atoms with van der Waals surface area (Å²) >= 11 is 9.82. The first-order valence-electron chi connectivity index (χ1n) is 16.1. The van der Waals surface area contributed by atoms with Gasteiger partial charge >= 0.3 is 5.97 Å². The van der Waals surface area contributed by atoms with Crippen LogP contribution < -0.4 is 10.2 Å². The molecule has 0 aromatic heterocycles. The first-order valence-corrected chi connectivity index (χ1v) is 17.4. The van der Waals surface area contributed by atoms with E-state index in [0.717, 1.165) is 0 Å². The first kappa shape index (κ1) is 35.8. The van der Waals surface area contributed by atoms with Crippen LogP contribution in [-0.2, 0) is 28.7 Å². The predicted octanol–water partition coefficient (Wildman–Crippen LogP) is 4.74. The van der Waals surface area contributed by atoms with Crippen LogP contribution in [0.1, 0.15) is 44.8 Å².